The zero-order valence-electron chi connectivity index (χ0n) is 10.1. The van der Waals surface area contributed by atoms with E-state index in [4.69, 9.17) is 5.73 Å². The van der Waals surface area contributed by atoms with Gasteiger partial charge in [0.15, 0.2) is 0 Å². The highest BCUT2D eigenvalue weighted by molar-refractivity contribution is 7.92. The van der Waals surface area contributed by atoms with Crippen molar-refractivity contribution in [3.05, 3.63) is 29.8 Å². The molecular formula is C12H14N2O3S. The molecule has 0 atom stereocenters. The monoisotopic (exact) mass is 266 g/mol. The summed E-state index contributed by atoms with van der Waals surface area (Å²) in [5.74, 6) is 0.108. The molecule has 0 saturated carbocycles. The van der Waals surface area contributed by atoms with Crippen LogP contribution in [0, 0.1) is 6.92 Å². The van der Waals surface area contributed by atoms with E-state index in [2.05, 4.69) is 4.72 Å². The van der Waals surface area contributed by atoms with Gasteiger partial charge >= 0.3 is 0 Å². The van der Waals surface area contributed by atoms with Gasteiger partial charge in [0.05, 0.1) is 11.9 Å². The molecule has 2 aromatic carbocycles. The minimum absolute atomic E-state index is 0.108. The van der Waals surface area contributed by atoms with E-state index in [9.17, 15) is 13.5 Å². The predicted octanol–water partition coefficient (Wildman–Crippen LogP) is 1.81. The summed E-state index contributed by atoms with van der Waals surface area (Å²) in [6, 6.07) is 6.58. The number of aromatic hydroxyl groups is 1. The number of fused-ring (bicyclic) bond motifs is 1. The number of phenols is 1. The molecule has 0 spiro atoms. The van der Waals surface area contributed by atoms with Crippen molar-refractivity contribution in [2.24, 2.45) is 0 Å². The molecule has 0 aliphatic rings. The van der Waals surface area contributed by atoms with Gasteiger partial charge < -0.3 is 10.8 Å². The molecule has 2 rings (SSSR count). The van der Waals surface area contributed by atoms with Crippen LogP contribution < -0.4 is 10.5 Å². The third-order valence-electron chi connectivity index (χ3n) is 2.65. The Hall–Kier alpha value is -1.95. The number of nitrogen functional groups attached to an aromatic ring is 1. The number of nitrogens with one attached hydrogen (secondary N) is 1. The fraction of sp³-hybridized carbons (Fsp3) is 0.167. The van der Waals surface area contributed by atoms with Crippen molar-refractivity contribution in [1.82, 2.24) is 0 Å². The van der Waals surface area contributed by atoms with Gasteiger partial charge in [-0.15, -0.1) is 0 Å². The standard InChI is InChI=1S/C12H14N2O3S/c1-7-6-9(13)11-8(12(7)15)4-3-5-10(11)14-18(2,16)17/h3-6,14-15H,13H2,1-2H3. The molecule has 0 aliphatic heterocycles. The van der Waals surface area contributed by atoms with E-state index in [0.29, 0.717) is 27.7 Å². The maximum atomic E-state index is 11.3. The zero-order chi connectivity index (χ0) is 13.5. The lowest BCUT2D eigenvalue weighted by Crippen LogP contribution is -2.10. The summed E-state index contributed by atoms with van der Waals surface area (Å²) in [6.45, 7) is 1.74. The lowest BCUT2D eigenvalue weighted by atomic mass is 10.0. The van der Waals surface area contributed by atoms with Gasteiger partial charge in [0.2, 0.25) is 10.0 Å². The van der Waals surface area contributed by atoms with E-state index in [1.54, 1.807) is 31.2 Å². The van der Waals surface area contributed by atoms with Crippen LogP contribution in [0.15, 0.2) is 24.3 Å². The van der Waals surface area contributed by atoms with Crippen molar-refractivity contribution in [2.75, 3.05) is 16.7 Å². The van der Waals surface area contributed by atoms with E-state index < -0.39 is 10.0 Å². The molecular weight excluding hydrogens is 252 g/mol. The molecule has 5 nitrogen and oxygen atoms in total. The summed E-state index contributed by atoms with van der Waals surface area (Å²) in [5, 5.41) is 11.0. The molecule has 4 N–H and O–H groups in total. The molecule has 0 aliphatic carbocycles. The van der Waals surface area contributed by atoms with Crippen molar-refractivity contribution in [1.29, 1.82) is 0 Å². The highest BCUT2D eigenvalue weighted by Crippen LogP contribution is 2.37. The van der Waals surface area contributed by atoms with Gasteiger partial charge in [0.1, 0.15) is 5.75 Å². The number of rotatable bonds is 2. The van der Waals surface area contributed by atoms with Crippen molar-refractivity contribution < 1.29 is 13.5 Å². The molecule has 0 unspecified atom stereocenters. The normalized spacial score (nSPS) is 11.7. The molecule has 0 fully saturated rings. The molecule has 0 radical (unpaired) electrons. The van der Waals surface area contributed by atoms with Gasteiger partial charge in [-0.05, 0) is 24.6 Å². The first-order valence-electron chi connectivity index (χ1n) is 5.28. The number of hydrogen-bond acceptors (Lipinski definition) is 4. The Labute approximate surface area is 105 Å². The van der Waals surface area contributed by atoms with Crippen molar-refractivity contribution in [2.45, 2.75) is 6.92 Å². The molecule has 96 valence electrons. The zero-order valence-corrected chi connectivity index (χ0v) is 10.9. The minimum Gasteiger partial charge on any atom is -0.507 e. The van der Waals surface area contributed by atoms with Crippen molar-refractivity contribution in [3.63, 3.8) is 0 Å². The van der Waals surface area contributed by atoms with E-state index in [1.807, 2.05) is 0 Å². The Kier molecular flexibility index (Phi) is 2.82. The molecule has 0 saturated heterocycles. The number of benzene rings is 2. The van der Waals surface area contributed by atoms with E-state index >= 15 is 0 Å². The molecule has 0 bridgehead atoms. The second-order valence-electron chi connectivity index (χ2n) is 4.23. The van der Waals surface area contributed by atoms with Crippen LogP contribution in [0.2, 0.25) is 0 Å². The van der Waals surface area contributed by atoms with E-state index in [-0.39, 0.29) is 5.75 Å². The molecule has 0 heterocycles. The second kappa shape index (κ2) is 4.06. The lowest BCUT2D eigenvalue weighted by molar-refractivity contribution is 0.477. The van der Waals surface area contributed by atoms with Gasteiger partial charge in [-0.3, -0.25) is 4.72 Å². The van der Waals surface area contributed by atoms with Gasteiger partial charge in [0.25, 0.3) is 0 Å². The maximum absolute atomic E-state index is 11.3. The van der Waals surface area contributed by atoms with Crippen LogP contribution >= 0.6 is 0 Å². The smallest absolute Gasteiger partial charge is 0.229 e. The maximum Gasteiger partial charge on any atom is 0.229 e. The second-order valence-corrected chi connectivity index (χ2v) is 5.98. The quantitative estimate of drug-likeness (QED) is 0.571. The number of aryl methyl sites for hydroxylation is 1. The van der Waals surface area contributed by atoms with Gasteiger partial charge in [-0.1, -0.05) is 12.1 Å². The summed E-state index contributed by atoms with van der Waals surface area (Å²) in [6.07, 6.45) is 1.07. The minimum atomic E-state index is -3.40. The fourth-order valence-electron chi connectivity index (χ4n) is 1.93. The average Bonchev–Trinajstić information content (AvgIpc) is 2.23. The van der Waals surface area contributed by atoms with Crippen LogP contribution in [0.1, 0.15) is 5.56 Å². The van der Waals surface area contributed by atoms with Gasteiger partial charge in [-0.25, -0.2) is 8.42 Å². The topological polar surface area (TPSA) is 92.4 Å². The number of hydrogen-bond donors (Lipinski definition) is 3. The Morgan fingerprint density at radius 2 is 2.00 bits per heavy atom. The number of sulfonamides is 1. The van der Waals surface area contributed by atoms with Crippen LogP contribution in [0.4, 0.5) is 11.4 Å². The predicted molar refractivity (Wildman–Crippen MR) is 73.2 cm³/mol. The van der Waals surface area contributed by atoms with Crippen molar-refractivity contribution >= 4 is 32.2 Å². The number of anilines is 2. The van der Waals surface area contributed by atoms with Crippen LogP contribution in [0.5, 0.6) is 5.75 Å². The van der Waals surface area contributed by atoms with Crippen LogP contribution in [0.3, 0.4) is 0 Å². The highest BCUT2D eigenvalue weighted by Gasteiger charge is 2.12. The van der Waals surface area contributed by atoms with Gasteiger partial charge in [-0.2, -0.15) is 0 Å². The molecule has 2 aromatic rings. The fourth-order valence-corrected chi connectivity index (χ4v) is 2.50. The Morgan fingerprint density at radius 1 is 1.33 bits per heavy atom. The summed E-state index contributed by atoms with van der Waals surface area (Å²) in [4.78, 5) is 0. The molecule has 0 amide bonds. The number of nitrogens with two attached hydrogens (primary N) is 1. The third-order valence-corrected chi connectivity index (χ3v) is 3.24. The Morgan fingerprint density at radius 3 is 2.61 bits per heavy atom. The van der Waals surface area contributed by atoms with Gasteiger partial charge in [0, 0.05) is 16.5 Å². The summed E-state index contributed by atoms with van der Waals surface area (Å²) < 4.78 is 25.0. The summed E-state index contributed by atoms with van der Waals surface area (Å²) in [7, 11) is -3.40. The highest BCUT2D eigenvalue weighted by atomic mass is 32.2. The lowest BCUT2D eigenvalue weighted by Gasteiger charge is -2.12. The molecule has 0 aromatic heterocycles. The van der Waals surface area contributed by atoms with E-state index in [0.717, 1.165) is 6.26 Å². The first-order chi connectivity index (χ1) is 8.29. The van der Waals surface area contributed by atoms with Crippen LogP contribution in [0.25, 0.3) is 10.8 Å². The third kappa shape index (κ3) is 2.19. The SMILES string of the molecule is Cc1cc(N)c2c(NS(C)(=O)=O)cccc2c1O. The number of phenolic OH excluding ortho intramolecular Hbond substituents is 1. The first-order valence-corrected chi connectivity index (χ1v) is 7.17. The molecule has 18 heavy (non-hydrogen) atoms. The summed E-state index contributed by atoms with van der Waals surface area (Å²) >= 11 is 0. The Balaban J connectivity index is 2.81. The summed E-state index contributed by atoms with van der Waals surface area (Å²) in [5.41, 5.74) is 7.34. The Bertz CT molecular complexity index is 724. The van der Waals surface area contributed by atoms with Crippen LogP contribution in [-0.4, -0.2) is 19.8 Å². The van der Waals surface area contributed by atoms with Crippen LogP contribution in [-0.2, 0) is 10.0 Å². The average molecular weight is 266 g/mol. The first kappa shape index (κ1) is 12.5. The largest absolute Gasteiger partial charge is 0.507 e. The van der Waals surface area contributed by atoms with Crippen molar-refractivity contribution in [3.8, 4) is 5.75 Å². The molecule has 6 heteroatoms. The van der Waals surface area contributed by atoms with E-state index in [1.165, 1.54) is 0 Å².